The highest BCUT2D eigenvalue weighted by molar-refractivity contribution is 7.89. The zero-order valence-electron chi connectivity index (χ0n) is 17.3. The minimum atomic E-state index is -3.48. The average Bonchev–Trinajstić information content (AvgIpc) is 2.77. The van der Waals surface area contributed by atoms with E-state index in [4.69, 9.17) is 4.74 Å². The maximum atomic E-state index is 12.8. The van der Waals surface area contributed by atoms with Gasteiger partial charge < -0.3 is 9.64 Å². The van der Waals surface area contributed by atoms with Crippen molar-refractivity contribution in [3.05, 3.63) is 59.7 Å². The van der Waals surface area contributed by atoms with Crippen LogP contribution in [-0.2, 0) is 27.8 Å². The number of carbonyl (C=O) groups is 1. The van der Waals surface area contributed by atoms with Crippen LogP contribution in [0.25, 0.3) is 0 Å². The van der Waals surface area contributed by atoms with E-state index in [0.717, 1.165) is 19.3 Å². The largest absolute Gasteiger partial charge is 0.484 e. The van der Waals surface area contributed by atoms with Gasteiger partial charge in [-0.3, -0.25) is 4.79 Å². The summed E-state index contributed by atoms with van der Waals surface area (Å²) < 4.78 is 32.8. The molecule has 0 atom stereocenters. The fourth-order valence-electron chi connectivity index (χ4n) is 4.03. The van der Waals surface area contributed by atoms with Crippen molar-refractivity contribution in [1.29, 1.82) is 0 Å². The normalized spacial score (nSPS) is 18.1. The summed E-state index contributed by atoms with van der Waals surface area (Å²) >= 11 is 0. The molecule has 2 aliphatic heterocycles. The molecule has 0 saturated carbocycles. The molecule has 1 saturated heterocycles. The average molecular weight is 429 g/mol. The summed E-state index contributed by atoms with van der Waals surface area (Å²) in [6.07, 6.45) is 2.64. The van der Waals surface area contributed by atoms with E-state index in [-0.39, 0.29) is 17.4 Å². The van der Waals surface area contributed by atoms with Crippen molar-refractivity contribution in [3.63, 3.8) is 0 Å². The smallest absolute Gasteiger partial charge is 0.260 e. The monoisotopic (exact) mass is 428 g/mol. The van der Waals surface area contributed by atoms with E-state index in [1.807, 2.05) is 12.1 Å². The highest BCUT2D eigenvalue weighted by atomic mass is 32.2. The van der Waals surface area contributed by atoms with E-state index in [0.29, 0.717) is 37.8 Å². The third-order valence-electron chi connectivity index (χ3n) is 6.05. The SMILES string of the molecule is CC1CCN(S(=O)(=O)c2ccc(OCC(=O)N3CCc4ccccc4C3)cc2)CC1. The summed E-state index contributed by atoms with van der Waals surface area (Å²) in [4.78, 5) is 14.6. The molecule has 1 fully saturated rings. The predicted octanol–water partition coefficient (Wildman–Crippen LogP) is 3.07. The molecule has 0 radical (unpaired) electrons. The molecule has 0 unspecified atom stereocenters. The van der Waals surface area contributed by atoms with Crippen LogP contribution in [0.2, 0.25) is 0 Å². The minimum Gasteiger partial charge on any atom is -0.484 e. The number of nitrogens with zero attached hydrogens (tertiary/aromatic N) is 2. The zero-order valence-corrected chi connectivity index (χ0v) is 18.1. The Morgan fingerprint density at radius 3 is 2.37 bits per heavy atom. The maximum absolute atomic E-state index is 12.8. The first-order valence-corrected chi connectivity index (χ1v) is 11.9. The molecule has 2 aromatic carbocycles. The molecule has 0 bridgehead atoms. The Hall–Kier alpha value is -2.38. The van der Waals surface area contributed by atoms with Crippen LogP contribution in [0.1, 0.15) is 30.9 Å². The Bertz CT molecular complexity index is 996. The lowest BCUT2D eigenvalue weighted by atomic mass is 10.00. The molecule has 2 heterocycles. The van der Waals surface area contributed by atoms with E-state index in [2.05, 4.69) is 19.1 Å². The van der Waals surface area contributed by atoms with Crippen LogP contribution in [0.5, 0.6) is 5.75 Å². The molecule has 160 valence electrons. The molecule has 0 aliphatic carbocycles. The van der Waals surface area contributed by atoms with Crippen LogP contribution in [0.3, 0.4) is 0 Å². The second kappa shape index (κ2) is 8.78. The first kappa shape index (κ1) is 20.9. The van der Waals surface area contributed by atoms with Gasteiger partial charge in [-0.05, 0) is 60.6 Å². The van der Waals surface area contributed by atoms with Gasteiger partial charge in [0.05, 0.1) is 4.90 Å². The van der Waals surface area contributed by atoms with Crippen molar-refractivity contribution in [2.75, 3.05) is 26.2 Å². The van der Waals surface area contributed by atoms with Gasteiger partial charge in [0, 0.05) is 26.2 Å². The van der Waals surface area contributed by atoms with Crippen LogP contribution in [0, 0.1) is 5.92 Å². The molecule has 0 aromatic heterocycles. The summed E-state index contributed by atoms with van der Waals surface area (Å²) in [5.41, 5.74) is 2.47. The number of sulfonamides is 1. The molecule has 2 aromatic rings. The number of rotatable bonds is 5. The molecule has 6 nitrogen and oxygen atoms in total. The number of ether oxygens (including phenoxy) is 1. The number of piperidine rings is 1. The van der Waals surface area contributed by atoms with Gasteiger partial charge in [0.1, 0.15) is 5.75 Å². The quantitative estimate of drug-likeness (QED) is 0.734. The van der Waals surface area contributed by atoms with Gasteiger partial charge in [0.25, 0.3) is 5.91 Å². The summed E-state index contributed by atoms with van der Waals surface area (Å²) in [5.74, 6) is 0.994. The zero-order chi connectivity index (χ0) is 21.1. The van der Waals surface area contributed by atoms with E-state index in [9.17, 15) is 13.2 Å². The molecule has 4 rings (SSSR count). The van der Waals surface area contributed by atoms with E-state index in [1.165, 1.54) is 11.1 Å². The summed E-state index contributed by atoms with van der Waals surface area (Å²) in [6, 6.07) is 14.5. The van der Waals surface area contributed by atoms with E-state index < -0.39 is 10.0 Å². The van der Waals surface area contributed by atoms with Gasteiger partial charge in [-0.25, -0.2) is 8.42 Å². The van der Waals surface area contributed by atoms with Crippen molar-refractivity contribution in [3.8, 4) is 5.75 Å². The van der Waals surface area contributed by atoms with Crippen molar-refractivity contribution in [2.24, 2.45) is 5.92 Å². The minimum absolute atomic E-state index is 0.0573. The number of carbonyl (C=O) groups excluding carboxylic acids is 1. The molecule has 30 heavy (non-hydrogen) atoms. The summed E-state index contributed by atoms with van der Waals surface area (Å²) in [7, 11) is -3.48. The highest BCUT2D eigenvalue weighted by Crippen LogP contribution is 2.25. The second-order valence-corrected chi connectivity index (χ2v) is 10.1. The Morgan fingerprint density at radius 2 is 1.67 bits per heavy atom. The van der Waals surface area contributed by atoms with Crippen molar-refractivity contribution >= 4 is 15.9 Å². The fourth-order valence-corrected chi connectivity index (χ4v) is 5.50. The van der Waals surface area contributed by atoms with E-state index in [1.54, 1.807) is 33.5 Å². The van der Waals surface area contributed by atoms with Crippen LogP contribution < -0.4 is 4.74 Å². The van der Waals surface area contributed by atoms with Crippen LogP contribution in [0.4, 0.5) is 0 Å². The van der Waals surface area contributed by atoms with E-state index >= 15 is 0 Å². The number of hydrogen-bond donors (Lipinski definition) is 0. The lowest BCUT2D eigenvalue weighted by Crippen LogP contribution is -2.38. The predicted molar refractivity (Wildman–Crippen MR) is 115 cm³/mol. The Kier molecular flexibility index (Phi) is 6.11. The van der Waals surface area contributed by atoms with Gasteiger partial charge in [0.2, 0.25) is 10.0 Å². The Balaban J connectivity index is 1.33. The number of fused-ring (bicyclic) bond motifs is 1. The van der Waals surface area contributed by atoms with Crippen LogP contribution in [-0.4, -0.2) is 49.8 Å². The Morgan fingerprint density at radius 1 is 1.00 bits per heavy atom. The Labute approximate surface area is 178 Å². The van der Waals surface area contributed by atoms with Gasteiger partial charge >= 0.3 is 0 Å². The van der Waals surface area contributed by atoms with Gasteiger partial charge in [-0.1, -0.05) is 31.2 Å². The van der Waals surface area contributed by atoms with Crippen molar-refractivity contribution in [2.45, 2.75) is 37.6 Å². The lowest BCUT2D eigenvalue weighted by molar-refractivity contribution is -0.134. The standard InChI is InChI=1S/C23H28N2O4S/c1-18-10-14-25(15-11-18)30(27,28)22-8-6-21(7-9-22)29-17-23(26)24-13-12-19-4-2-3-5-20(19)16-24/h2-9,18H,10-17H2,1H3. The third kappa shape index (κ3) is 4.52. The lowest BCUT2D eigenvalue weighted by Gasteiger charge is -2.29. The molecule has 0 spiro atoms. The first-order valence-electron chi connectivity index (χ1n) is 10.5. The van der Waals surface area contributed by atoms with Gasteiger partial charge in [-0.2, -0.15) is 4.31 Å². The van der Waals surface area contributed by atoms with Gasteiger partial charge in [0.15, 0.2) is 6.61 Å². The summed E-state index contributed by atoms with van der Waals surface area (Å²) in [5, 5.41) is 0. The van der Waals surface area contributed by atoms with Crippen molar-refractivity contribution < 1.29 is 17.9 Å². The molecular weight excluding hydrogens is 400 g/mol. The number of hydrogen-bond acceptors (Lipinski definition) is 4. The van der Waals surface area contributed by atoms with Crippen LogP contribution in [0.15, 0.2) is 53.4 Å². The molecular formula is C23H28N2O4S. The van der Waals surface area contributed by atoms with Gasteiger partial charge in [-0.15, -0.1) is 0 Å². The molecule has 7 heteroatoms. The van der Waals surface area contributed by atoms with Crippen molar-refractivity contribution in [1.82, 2.24) is 9.21 Å². The fraction of sp³-hybridized carbons (Fsp3) is 0.435. The second-order valence-electron chi connectivity index (χ2n) is 8.18. The van der Waals surface area contributed by atoms with Crippen LogP contribution >= 0.6 is 0 Å². The third-order valence-corrected chi connectivity index (χ3v) is 7.96. The summed E-state index contributed by atoms with van der Waals surface area (Å²) in [6.45, 7) is 4.51. The first-order chi connectivity index (χ1) is 14.4. The molecule has 1 amide bonds. The molecule has 2 aliphatic rings. The highest BCUT2D eigenvalue weighted by Gasteiger charge is 2.28. The number of benzene rings is 2. The molecule has 0 N–H and O–H groups in total. The maximum Gasteiger partial charge on any atom is 0.260 e. The number of amides is 1. The topological polar surface area (TPSA) is 66.9 Å².